The van der Waals surface area contributed by atoms with Gasteiger partial charge in [0.15, 0.2) is 11.5 Å². The SMILES string of the molecule is C[C@@H](O)c1ccnc(Sc2ccc3c(c2)OCCCO3)c1. The Labute approximate surface area is 128 Å². The first-order chi connectivity index (χ1) is 10.2. The molecule has 3 rings (SSSR count). The lowest BCUT2D eigenvalue weighted by Crippen LogP contribution is -1.97. The third-order valence-corrected chi connectivity index (χ3v) is 4.10. The minimum absolute atomic E-state index is 0.490. The fraction of sp³-hybridized carbons (Fsp3) is 0.312. The number of rotatable bonds is 3. The molecule has 110 valence electrons. The molecule has 2 heterocycles. The summed E-state index contributed by atoms with van der Waals surface area (Å²) in [5, 5.41) is 10.5. The first-order valence-electron chi connectivity index (χ1n) is 6.94. The average Bonchev–Trinajstić information content (AvgIpc) is 2.72. The molecule has 0 radical (unpaired) electrons. The highest BCUT2D eigenvalue weighted by atomic mass is 32.2. The Bertz CT molecular complexity index is 631. The molecular weight excluding hydrogens is 286 g/mol. The van der Waals surface area contributed by atoms with Crippen molar-refractivity contribution in [3.63, 3.8) is 0 Å². The summed E-state index contributed by atoms with van der Waals surface area (Å²) in [5.41, 5.74) is 0.863. The lowest BCUT2D eigenvalue weighted by Gasteiger charge is -2.10. The van der Waals surface area contributed by atoms with Gasteiger partial charge in [-0.1, -0.05) is 11.8 Å². The van der Waals surface area contributed by atoms with Gasteiger partial charge in [0, 0.05) is 17.5 Å². The maximum absolute atomic E-state index is 9.63. The highest BCUT2D eigenvalue weighted by molar-refractivity contribution is 7.99. The van der Waals surface area contributed by atoms with Crippen LogP contribution in [0.5, 0.6) is 11.5 Å². The van der Waals surface area contributed by atoms with E-state index in [1.807, 2.05) is 30.3 Å². The predicted octanol–water partition coefficient (Wildman–Crippen LogP) is 3.45. The molecule has 5 heteroatoms. The van der Waals surface area contributed by atoms with Crippen LogP contribution in [0.15, 0.2) is 46.5 Å². The standard InChI is InChI=1S/C16H17NO3S/c1-11(18)12-5-6-17-16(9-12)21-13-3-4-14-15(10-13)20-8-2-7-19-14/h3-6,9-11,18H,2,7-8H2,1H3/t11-/m1/s1. The van der Waals surface area contributed by atoms with E-state index in [-0.39, 0.29) is 0 Å². The van der Waals surface area contributed by atoms with Crippen molar-refractivity contribution in [2.24, 2.45) is 0 Å². The Morgan fingerprint density at radius 1 is 1.14 bits per heavy atom. The zero-order valence-electron chi connectivity index (χ0n) is 11.8. The van der Waals surface area contributed by atoms with Crippen LogP contribution in [0.4, 0.5) is 0 Å². The number of aliphatic hydroxyl groups excluding tert-OH is 1. The molecule has 1 N–H and O–H groups in total. The summed E-state index contributed by atoms with van der Waals surface area (Å²) >= 11 is 1.54. The molecule has 1 atom stereocenters. The predicted molar refractivity (Wildman–Crippen MR) is 81.0 cm³/mol. The van der Waals surface area contributed by atoms with Crippen LogP contribution in [0.1, 0.15) is 25.0 Å². The van der Waals surface area contributed by atoms with E-state index < -0.39 is 6.10 Å². The molecule has 0 amide bonds. The van der Waals surface area contributed by atoms with E-state index in [4.69, 9.17) is 9.47 Å². The normalized spacial score (nSPS) is 15.3. The third-order valence-electron chi connectivity index (χ3n) is 3.18. The van der Waals surface area contributed by atoms with Gasteiger partial charge in [-0.2, -0.15) is 0 Å². The molecule has 1 aliphatic rings. The summed E-state index contributed by atoms with van der Waals surface area (Å²) in [4.78, 5) is 5.36. The van der Waals surface area contributed by atoms with Gasteiger partial charge in [0.05, 0.1) is 19.3 Å². The Balaban J connectivity index is 1.82. The molecule has 0 spiro atoms. The first-order valence-corrected chi connectivity index (χ1v) is 7.75. The van der Waals surface area contributed by atoms with Crippen LogP contribution in [0.25, 0.3) is 0 Å². The van der Waals surface area contributed by atoms with Crippen LogP contribution in [0, 0.1) is 0 Å². The van der Waals surface area contributed by atoms with Crippen LogP contribution in [-0.2, 0) is 0 Å². The number of fused-ring (bicyclic) bond motifs is 1. The van der Waals surface area contributed by atoms with Crippen molar-refractivity contribution < 1.29 is 14.6 Å². The molecule has 0 bridgehead atoms. The Hall–Kier alpha value is -1.72. The molecule has 1 aromatic carbocycles. The molecule has 0 aliphatic carbocycles. The number of aromatic nitrogens is 1. The van der Waals surface area contributed by atoms with Gasteiger partial charge in [-0.25, -0.2) is 4.98 Å². The molecule has 1 aromatic heterocycles. The second-order valence-electron chi connectivity index (χ2n) is 4.86. The van der Waals surface area contributed by atoms with Crippen molar-refractivity contribution in [2.45, 2.75) is 29.4 Å². The highest BCUT2D eigenvalue weighted by Gasteiger charge is 2.12. The smallest absolute Gasteiger partial charge is 0.162 e. The molecule has 2 aromatic rings. The molecule has 21 heavy (non-hydrogen) atoms. The molecule has 1 aliphatic heterocycles. The van der Waals surface area contributed by atoms with Crippen LogP contribution in [-0.4, -0.2) is 23.3 Å². The van der Waals surface area contributed by atoms with Gasteiger partial charge >= 0.3 is 0 Å². The van der Waals surface area contributed by atoms with Crippen LogP contribution in [0.3, 0.4) is 0 Å². The fourth-order valence-electron chi connectivity index (χ4n) is 2.07. The second kappa shape index (κ2) is 6.37. The molecule has 4 nitrogen and oxygen atoms in total. The van der Waals surface area contributed by atoms with Gasteiger partial charge in [0.25, 0.3) is 0 Å². The van der Waals surface area contributed by atoms with Gasteiger partial charge in [0.1, 0.15) is 5.03 Å². The summed E-state index contributed by atoms with van der Waals surface area (Å²) in [5.74, 6) is 1.58. The molecule has 0 saturated carbocycles. The van der Waals surface area contributed by atoms with Crippen LogP contribution < -0.4 is 9.47 Å². The van der Waals surface area contributed by atoms with E-state index in [0.717, 1.165) is 33.4 Å². The highest BCUT2D eigenvalue weighted by Crippen LogP contribution is 2.36. The van der Waals surface area contributed by atoms with E-state index in [1.165, 1.54) is 0 Å². The zero-order valence-corrected chi connectivity index (χ0v) is 12.6. The van der Waals surface area contributed by atoms with Crippen molar-refractivity contribution in [1.82, 2.24) is 4.98 Å². The zero-order chi connectivity index (χ0) is 14.7. The number of benzene rings is 1. The minimum Gasteiger partial charge on any atom is -0.490 e. The Morgan fingerprint density at radius 2 is 1.95 bits per heavy atom. The van der Waals surface area contributed by atoms with Crippen molar-refractivity contribution in [3.05, 3.63) is 42.1 Å². The Kier molecular flexibility index (Phi) is 4.31. The maximum atomic E-state index is 9.63. The van der Waals surface area contributed by atoms with Crippen molar-refractivity contribution >= 4 is 11.8 Å². The number of ether oxygens (including phenoxy) is 2. The average molecular weight is 303 g/mol. The molecule has 0 saturated heterocycles. The monoisotopic (exact) mass is 303 g/mol. The summed E-state index contributed by atoms with van der Waals surface area (Å²) in [7, 11) is 0. The fourth-order valence-corrected chi connectivity index (χ4v) is 2.92. The van der Waals surface area contributed by atoms with Crippen molar-refractivity contribution in [3.8, 4) is 11.5 Å². The van der Waals surface area contributed by atoms with Gasteiger partial charge in [-0.05, 0) is 42.8 Å². The Morgan fingerprint density at radius 3 is 2.76 bits per heavy atom. The second-order valence-corrected chi connectivity index (χ2v) is 5.96. The third kappa shape index (κ3) is 3.49. The van der Waals surface area contributed by atoms with Crippen molar-refractivity contribution in [2.75, 3.05) is 13.2 Å². The van der Waals surface area contributed by atoms with Crippen LogP contribution >= 0.6 is 11.8 Å². The summed E-state index contributed by atoms with van der Waals surface area (Å²) in [6.45, 7) is 3.12. The van der Waals surface area contributed by atoms with Crippen LogP contribution in [0.2, 0.25) is 0 Å². The van der Waals surface area contributed by atoms with E-state index in [1.54, 1.807) is 24.9 Å². The quantitative estimate of drug-likeness (QED) is 0.941. The number of hydrogen-bond acceptors (Lipinski definition) is 5. The van der Waals surface area contributed by atoms with Gasteiger partial charge in [-0.15, -0.1) is 0 Å². The molecular formula is C16H17NO3S. The van der Waals surface area contributed by atoms with Gasteiger partial charge in [0.2, 0.25) is 0 Å². The molecule has 0 unspecified atom stereocenters. The lowest BCUT2D eigenvalue weighted by atomic mass is 10.2. The van der Waals surface area contributed by atoms with E-state index in [2.05, 4.69) is 4.98 Å². The topological polar surface area (TPSA) is 51.6 Å². The molecule has 0 fully saturated rings. The maximum Gasteiger partial charge on any atom is 0.162 e. The number of aliphatic hydroxyl groups is 1. The number of nitrogens with zero attached hydrogens (tertiary/aromatic N) is 1. The summed E-state index contributed by atoms with van der Waals surface area (Å²) in [6, 6.07) is 9.62. The minimum atomic E-state index is -0.490. The lowest BCUT2D eigenvalue weighted by molar-refractivity contribution is 0.199. The summed E-state index contributed by atoms with van der Waals surface area (Å²) < 4.78 is 11.3. The van der Waals surface area contributed by atoms with E-state index >= 15 is 0 Å². The van der Waals surface area contributed by atoms with Gasteiger partial charge in [-0.3, -0.25) is 0 Å². The van der Waals surface area contributed by atoms with Crippen molar-refractivity contribution in [1.29, 1.82) is 0 Å². The van der Waals surface area contributed by atoms with E-state index in [0.29, 0.717) is 13.2 Å². The number of pyridine rings is 1. The first kappa shape index (κ1) is 14.2. The summed E-state index contributed by atoms with van der Waals surface area (Å²) in [6.07, 6.45) is 2.12. The largest absolute Gasteiger partial charge is 0.490 e. The van der Waals surface area contributed by atoms with Gasteiger partial charge < -0.3 is 14.6 Å². The number of hydrogen-bond donors (Lipinski definition) is 1. The van der Waals surface area contributed by atoms with E-state index in [9.17, 15) is 5.11 Å².